The highest BCUT2D eigenvalue weighted by atomic mass is 35.5. The van der Waals surface area contributed by atoms with Crippen LogP contribution in [0, 0.1) is 0 Å². The molecule has 2 atom stereocenters. The molecule has 32 heavy (non-hydrogen) atoms. The van der Waals surface area contributed by atoms with Gasteiger partial charge in [-0.15, -0.1) is 0 Å². The predicted molar refractivity (Wildman–Crippen MR) is 132 cm³/mol. The molecule has 0 N–H and O–H groups in total. The normalized spacial score (nSPS) is 20.3. The van der Waals surface area contributed by atoms with Crippen LogP contribution in [0.15, 0.2) is 66.7 Å². The first-order valence-corrected chi connectivity index (χ1v) is 12.0. The standard InChI is InChI=1S/C26H23Cl3N2O/c27-19-6-3-5-18(14-19)26(32)31-13-12-30(20-9-11-23(28)24(29)15-20)16-25(31)22-10-8-17-4-1-2-7-21(17)22/h1-7,9,11,14-15,22,25H,8,10,12-13,16H2/t22-,25+/m1/s1. The van der Waals surface area contributed by atoms with Crippen LogP contribution in [-0.4, -0.2) is 36.5 Å². The van der Waals surface area contributed by atoms with Crippen molar-refractivity contribution in [1.29, 1.82) is 0 Å². The highest BCUT2D eigenvalue weighted by molar-refractivity contribution is 6.42. The van der Waals surface area contributed by atoms with Gasteiger partial charge in [-0.1, -0.05) is 65.1 Å². The van der Waals surface area contributed by atoms with Crippen LogP contribution < -0.4 is 4.90 Å². The number of piperazine rings is 1. The van der Waals surface area contributed by atoms with E-state index in [1.807, 2.05) is 35.2 Å². The summed E-state index contributed by atoms with van der Waals surface area (Å²) >= 11 is 18.6. The van der Waals surface area contributed by atoms with Gasteiger partial charge < -0.3 is 9.80 Å². The minimum Gasteiger partial charge on any atom is -0.368 e. The summed E-state index contributed by atoms with van der Waals surface area (Å²) in [6.45, 7) is 2.10. The van der Waals surface area contributed by atoms with Crippen molar-refractivity contribution in [3.05, 3.63) is 98.5 Å². The zero-order chi connectivity index (χ0) is 22.2. The van der Waals surface area contributed by atoms with E-state index in [4.69, 9.17) is 34.8 Å². The molecule has 1 amide bonds. The molecule has 2 aliphatic rings. The molecule has 5 rings (SSSR count). The number of fused-ring (bicyclic) bond motifs is 1. The van der Waals surface area contributed by atoms with Crippen molar-refractivity contribution >= 4 is 46.4 Å². The van der Waals surface area contributed by atoms with E-state index in [0.29, 0.717) is 33.1 Å². The maximum Gasteiger partial charge on any atom is 0.254 e. The van der Waals surface area contributed by atoms with Gasteiger partial charge in [-0.3, -0.25) is 4.79 Å². The maximum absolute atomic E-state index is 13.6. The average Bonchev–Trinajstić information content (AvgIpc) is 3.24. The third kappa shape index (κ3) is 4.10. The summed E-state index contributed by atoms with van der Waals surface area (Å²) in [6, 6.07) is 21.7. The number of nitrogens with zero attached hydrogens (tertiary/aromatic N) is 2. The first-order chi connectivity index (χ1) is 15.5. The minimum atomic E-state index is 0.0377. The zero-order valence-corrected chi connectivity index (χ0v) is 19.7. The number of anilines is 1. The van der Waals surface area contributed by atoms with E-state index in [2.05, 4.69) is 29.2 Å². The van der Waals surface area contributed by atoms with E-state index < -0.39 is 0 Å². The van der Waals surface area contributed by atoms with Crippen molar-refractivity contribution in [2.45, 2.75) is 24.8 Å². The van der Waals surface area contributed by atoms with Crippen LogP contribution in [0.3, 0.4) is 0 Å². The number of aryl methyl sites for hydroxylation is 1. The van der Waals surface area contributed by atoms with E-state index in [0.717, 1.165) is 31.6 Å². The summed E-state index contributed by atoms with van der Waals surface area (Å²) in [5.41, 5.74) is 4.42. The van der Waals surface area contributed by atoms with Gasteiger partial charge in [0.25, 0.3) is 5.91 Å². The largest absolute Gasteiger partial charge is 0.368 e. The summed E-state index contributed by atoms with van der Waals surface area (Å²) in [5, 5.41) is 1.67. The highest BCUT2D eigenvalue weighted by Gasteiger charge is 2.39. The van der Waals surface area contributed by atoms with Gasteiger partial charge in [-0.05, 0) is 60.4 Å². The molecule has 1 heterocycles. The number of rotatable bonds is 3. The second kappa shape index (κ2) is 8.97. The molecule has 0 radical (unpaired) electrons. The maximum atomic E-state index is 13.6. The predicted octanol–water partition coefficient (Wildman–Crippen LogP) is 6.71. The Morgan fingerprint density at radius 3 is 2.53 bits per heavy atom. The lowest BCUT2D eigenvalue weighted by Crippen LogP contribution is -2.57. The Labute approximate surface area is 203 Å². The van der Waals surface area contributed by atoms with Crippen LogP contribution in [0.2, 0.25) is 15.1 Å². The number of carbonyl (C=O) groups excluding carboxylic acids is 1. The van der Waals surface area contributed by atoms with Gasteiger partial charge in [0.05, 0.1) is 16.1 Å². The number of carbonyl (C=O) groups is 1. The number of benzene rings is 3. The van der Waals surface area contributed by atoms with Gasteiger partial charge in [0.1, 0.15) is 0 Å². The van der Waals surface area contributed by atoms with Gasteiger partial charge in [0.2, 0.25) is 0 Å². The third-order valence-electron chi connectivity index (χ3n) is 6.66. The van der Waals surface area contributed by atoms with Crippen LogP contribution in [-0.2, 0) is 6.42 Å². The summed E-state index contributed by atoms with van der Waals surface area (Å²) < 4.78 is 0. The van der Waals surface area contributed by atoms with Crippen molar-refractivity contribution in [3.8, 4) is 0 Å². The van der Waals surface area contributed by atoms with E-state index >= 15 is 0 Å². The summed E-state index contributed by atoms with van der Waals surface area (Å²) in [7, 11) is 0. The number of hydrogen-bond donors (Lipinski definition) is 0. The molecule has 0 saturated carbocycles. The molecule has 3 nitrogen and oxygen atoms in total. The Morgan fingerprint density at radius 1 is 0.875 bits per heavy atom. The number of hydrogen-bond acceptors (Lipinski definition) is 2. The molecule has 1 aliphatic carbocycles. The van der Waals surface area contributed by atoms with Crippen LogP contribution in [0.1, 0.15) is 33.8 Å². The van der Waals surface area contributed by atoms with E-state index in [1.165, 1.54) is 11.1 Å². The highest BCUT2D eigenvalue weighted by Crippen LogP contribution is 2.40. The molecule has 3 aromatic rings. The van der Waals surface area contributed by atoms with Crippen LogP contribution >= 0.6 is 34.8 Å². The molecule has 164 valence electrons. The molecule has 0 unspecified atom stereocenters. The first kappa shape index (κ1) is 21.6. The molecule has 3 aromatic carbocycles. The number of halogens is 3. The van der Waals surface area contributed by atoms with E-state index in [-0.39, 0.29) is 11.9 Å². The van der Waals surface area contributed by atoms with Crippen LogP contribution in [0.25, 0.3) is 0 Å². The lowest BCUT2D eigenvalue weighted by atomic mass is 9.89. The van der Waals surface area contributed by atoms with Crippen molar-refractivity contribution in [2.24, 2.45) is 0 Å². The lowest BCUT2D eigenvalue weighted by Gasteiger charge is -2.45. The topological polar surface area (TPSA) is 23.6 Å². The smallest absolute Gasteiger partial charge is 0.254 e. The Morgan fingerprint density at radius 2 is 1.72 bits per heavy atom. The first-order valence-electron chi connectivity index (χ1n) is 10.9. The Hall–Kier alpha value is -2.20. The van der Waals surface area contributed by atoms with Crippen LogP contribution in [0.4, 0.5) is 5.69 Å². The SMILES string of the molecule is O=C(c1cccc(Cl)c1)N1CCN(c2ccc(Cl)c(Cl)c2)C[C@H]1[C@@H]1CCc2ccccc21. The minimum absolute atomic E-state index is 0.0377. The molecule has 1 saturated heterocycles. The molecule has 6 heteroatoms. The second-order valence-electron chi connectivity index (χ2n) is 8.46. The van der Waals surface area contributed by atoms with Gasteiger partial charge >= 0.3 is 0 Å². The van der Waals surface area contributed by atoms with Gasteiger partial charge in [0, 0.05) is 41.8 Å². The van der Waals surface area contributed by atoms with E-state index in [9.17, 15) is 4.79 Å². The molecule has 1 aliphatic heterocycles. The Balaban J connectivity index is 1.49. The fourth-order valence-electron chi connectivity index (χ4n) is 5.10. The van der Waals surface area contributed by atoms with Crippen molar-refractivity contribution in [3.63, 3.8) is 0 Å². The van der Waals surface area contributed by atoms with Crippen molar-refractivity contribution in [1.82, 2.24) is 4.90 Å². The summed E-state index contributed by atoms with van der Waals surface area (Å²) in [5.74, 6) is 0.329. The fraction of sp³-hybridized carbons (Fsp3) is 0.269. The Bertz CT molecular complexity index is 1170. The second-order valence-corrected chi connectivity index (χ2v) is 9.72. The quantitative estimate of drug-likeness (QED) is 0.412. The molecule has 1 fully saturated rings. The summed E-state index contributed by atoms with van der Waals surface area (Å²) in [6.07, 6.45) is 2.09. The van der Waals surface area contributed by atoms with E-state index in [1.54, 1.807) is 12.1 Å². The summed E-state index contributed by atoms with van der Waals surface area (Å²) in [4.78, 5) is 17.9. The lowest BCUT2D eigenvalue weighted by molar-refractivity contribution is 0.0623. The van der Waals surface area contributed by atoms with Gasteiger partial charge in [-0.2, -0.15) is 0 Å². The van der Waals surface area contributed by atoms with Crippen molar-refractivity contribution in [2.75, 3.05) is 24.5 Å². The molecule has 0 bridgehead atoms. The Kier molecular flexibility index (Phi) is 6.07. The molecule has 0 spiro atoms. The van der Waals surface area contributed by atoms with Gasteiger partial charge in [-0.25, -0.2) is 0 Å². The molecular formula is C26H23Cl3N2O. The molecular weight excluding hydrogens is 463 g/mol. The third-order valence-corrected chi connectivity index (χ3v) is 7.64. The van der Waals surface area contributed by atoms with Gasteiger partial charge in [0.15, 0.2) is 0 Å². The fourth-order valence-corrected chi connectivity index (χ4v) is 5.58. The zero-order valence-electron chi connectivity index (χ0n) is 17.5. The monoisotopic (exact) mass is 484 g/mol. The van der Waals surface area contributed by atoms with Crippen LogP contribution in [0.5, 0.6) is 0 Å². The number of amides is 1. The van der Waals surface area contributed by atoms with Crippen molar-refractivity contribution < 1.29 is 4.79 Å². The average molecular weight is 486 g/mol. The molecule has 0 aromatic heterocycles.